The van der Waals surface area contributed by atoms with Crippen molar-refractivity contribution in [2.24, 2.45) is 10.8 Å². The lowest BCUT2D eigenvalue weighted by Gasteiger charge is -2.15. The maximum absolute atomic E-state index is 12.6. The standard InChI is InChI=1S/C20H27Cl2N5O3/c21-17-2-1-16(13-18(17)22)27-7-4-19(25-27)24-20(28)15-3-6-26(14-15)8-10-30-12-11-29-9-5-23/h1-3,13H,4-12,14,23H2,(H,24,25,28). The highest BCUT2D eigenvalue weighted by Crippen LogP contribution is 2.28. The summed E-state index contributed by atoms with van der Waals surface area (Å²) in [6.45, 7) is 5.52. The van der Waals surface area contributed by atoms with Crippen molar-refractivity contribution in [1.29, 1.82) is 0 Å². The van der Waals surface area contributed by atoms with Crippen molar-refractivity contribution in [2.45, 2.75) is 6.42 Å². The lowest BCUT2D eigenvalue weighted by atomic mass is 10.2. The Bertz CT molecular complexity index is 803. The SMILES string of the molecule is NCCOCCOCCN1CC=C(C(=O)NC2=NN(c3ccc(Cl)c(Cl)c3)CC2)C1. The normalized spacial score (nSPS) is 16.7. The van der Waals surface area contributed by atoms with E-state index in [1.165, 1.54) is 0 Å². The zero-order valence-corrected chi connectivity index (χ0v) is 18.3. The predicted octanol–water partition coefficient (Wildman–Crippen LogP) is 1.87. The molecule has 0 radical (unpaired) electrons. The highest BCUT2D eigenvalue weighted by Gasteiger charge is 2.23. The van der Waals surface area contributed by atoms with Crippen molar-refractivity contribution < 1.29 is 14.3 Å². The summed E-state index contributed by atoms with van der Waals surface area (Å²) in [6, 6.07) is 5.36. The van der Waals surface area contributed by atoms with Crippen LogP contribution in [0.15, 0.2) is 34.9 Å². The summed E-state index contributed by atoms with van der Waals surface area (Å²) >= 11 is 12.0. The molecule has 2 aliphatic rings. The molecule has 8 nitrogen and oxygen atoms in total. The van der Waals surface area contributed by atoms with E-state index in [9.17, 15) is 4.79 Å². The maximum atomic E-state index is 12.6. The Hall–Kier alpha value is -1.68. The molecule has 3 rings (SSSR count). The van der Waals surface area contributed by atoms with Crippen LogP contribution < -0.4 is 16.1 Å². The van der Waals surface area contributed by atoms with Crippen molar-refractivity contribution in [1.82, 2.24) is 10.2 Å². The first-order chi connectivity index (χ1) is 14.6. The Labute approximate surface area is 186 Å². The molecule has 0 fully saturated rings. The van der Waals surface area contributed by atoms with Gasteiger partial charge < -0.3 is 20.5 Å². The third-order valence-electron chi connectivity index (χ3n) is 4.73. The first-order valence-corrected chi connectivity index (χ1v) is 10.7. The third kappa shape index (κ3) is 6.66. The number of halogens is 2. The Morgan fingerprint density at radius 1 is 1.17 bits per heavy atom. The van der Waals surface area contributed by atoms with Crippen LogP contribution in [0.5, 0.6) is 0 Å². The molecule has 0 bridgehead atoms. The minimum atomic E-state index is -0.108. The lowest BCUT2D eigenvalue weighted by molar-refractivity contribution is -0.116. The van der Waals surface area contributed by atoms with E-state index in [0.717, 1.165) is 24.4 Å². The molecule has 0 aromatic heterocycles. The first kappa shape index (κ1) is 23.0. The van der Waals surface area contributed by atoms with Crippen molar-refractivity contribution in [3.05, 3.63) is 39.9 Å². The number of hydrazone groups is 1. The predicted molar refractivity (Wildman–Crippen MR) is 119 cm³/mol. The van der Waals surface area contributed by atoms with Gasteiger partial charge in [0.1, 0.15) is 5.84 Å². The molecular formula is C20H27Cl2N5O3. The zero-order chi connectivity index (χ0) is 21.3. The van der Waals surface area contributed by atoms with Crippen LogP contribution >= 0.6 is 23.2 Å². The second-order valence-electron chi connectivity index (χ2n) is 6.95. The average molecular weight is 456 g/mol. The summed E-state index contributed by atoms with van der Waals surface area (Å²) in [6.07, 6.45) is 2.61. The molecule has 0 spiro atoms. The average Bonchev–Trinajstić information content (AvgIpc) is 3.39. The molecule has 1 aromatic rings. The van der Waals surface area contributed by atoms with Gasteiger partial charge in [-0.25, -0.2) is 0 Å². The van der Waals surface area contributed by atoms with E-state index >= 15 is 0 Å². The number of rotatable bonds is 10. The molecule has 164 valence electrons. The Morgan fingerprint density at radius 3 is 2.73 bits per heavy atom. The topological polar surface area (TPSA) is 92.4 Å². The van der Waals surface area contributed by atoms with Gasteiger partial charge in [-0.05, 0) is 18.2 Å². The van der Waals surface area contributed by atoms with Crippen LogP contribution in [0, 0.1) is 0 Å². The number of amides is 1. The second kappa shape index (κ2) is 11.6. The van der Waals surface area contributed by atoms with Crippen molar-refractivity contribution >= 4 is 40.6 Å². The van der Waals surface area contributed by atoms with Gasteiger partial charge in [0.05, 0.1) is 42.2 Å². The van der Waals surface area contributed by atoms with E-state index in [-0.39, 0.29) is 5.91 Å². The largest absolute Gasteiger partial charge is 0.378 e. The van der Waals surface area contributed by atoms with Gasteiger partial charge in [0.25, 0.3) is 5.91 Å². The van der Waals surface area contributed by atoms with Crippen LogP contribution in [0.2, 0.25) is 10.0 Å². The molecular weight excluding hydrogens is 429 g/mol. The van der Waals surface area contributed by atoms with Gasteiger partial charge in [0, 0.05) is 44.7 Å². The molecule has 0 saturated heterocycles. The van der Waals surface area contributed by atoms with E-state index in [2.05, 4.69) is 15.3 Å². The van der Waals surface area contributed by atoms with Gasteiger partial charge in [-0.2, -0.15) is 5.10 Å². The summed E-state index contributed by atoms with van der Waals surface area (Å²) in [7, 11) is 0. The van der Waals surface area contributed by atoms with Crippen LogP contribution in [0.3, 0.4) is 0 Å². The fourth-order valence-corrected chi connectivity index (χ4v) is 3.42. The van der Waals surface area contributed by atoms with E-state index in [1.54, 1.807) is 12.1 Å². The molecule has 2 aliphatic heterocycles. The zero-order valence-electron chi connectivity index (χ0n) is 16.8. The van der Waals surface area contributed by atoms with E-state index < -0.39 is 0 Å². The number of amidine groups is 1. The molecule has 3 N–H and O–H groups in total. The summed E-state index contributed by atoms with van der Waals surface area (Å²) < 4.78 is 10.8. The van der Waals surface area contributed by atoms with Crippen molar-refractivity contribution in [2.75, 3.05) is 64.2 Å². The Balaban J connectivity index is 1.38. The molecule has 10 heteroatoms. The molecule has 30 heavy (non-hydrogen) atoms. The van der Waals surface area contributed by atoms with Crippen LogP contribution in [-0.4, -0.2) is 75.8 Å². The number of anilines is 1. The first-order valence-electron chi connectivity index (χ1n) is 9.95. The number of nitrogens with two attached hydrogens (primary N) is 1. The molecule has 1 aromatic carbocycles. The quantitative estimate of drug-likeness (QED) is 0.523. The number of hydrogen-bond donors (Lipinski definition) is 2. The van der Waals surface area contributed by atoms with Crippen molar-refractivity contribution in [3.8, 4) is 0 Å². The summed E-state index contributed by atoms with van der Waals surface area (Å²) in [5.41, 5.74) is 6.94. The maximum Gasteiger partial charge on any atom is 0.253 e. The van der Waals surface area contributed by atoms with Crippen LogP contribution in [-0.2, 0) is 14.3 Å². The molecule has 0 aliphatic carbocycles. The molecule has 0 atom stereocenters. The highest BCUT2D eigenvalue weighted by atomic mass is 35.5. The number of nitrogens with one attached hydrogen (secondary N) is 1. The Morgan fingerprint density at radius 2 is 1.97 bits per heavy atom. The third-order valence-corrected chi connectivity index (χ3v) is 5.47. The van der Waals surface area contributed by atoms with Gasteiger partial charge in [-0.1, -0.05) is 29.3 Å². The summed E-state index contributed by atoms with van der Waals surface area (Å²) in [4.78, 5) is 14.7. The monoisotopic (exact) mass is 455 g/mol. The fourth-order valence-electron chi connectivity index (χ4n) is 3.13. The van der Waals surface area contributed by atoms with Gasteiger partial charge in [0.15, 0.2) is 0 Å². The van der Waals surface area contributed by atoms with Gasteiger partial charge in [-0.15, -0.1) is 0 Å². The van der Waals surface area contributed by atoms with Gasteiger partial charge in [-0.3, -0.25) is 14.7 Å². The number of hydrogen-bond acceptors (Lipinski definition) is 7. The number of nitrogens with zero attached hydrogens (tertiary/aromatic N) is 3. The molecule has 0 unspecified atom stereocenters. The molecule has 0 saturated carbocycles. The van der Waals surface area contributed by atoms with Gasteiger partial charge >= 0.3 is 0 Å². The highest BCUT2D eigenvalue weighted by molar-refractivity contribution is 6.42. The van der Waals surface area contributed by atoms with Crippen molar-refractivity contribution in [3.63, 3.8) is 0 Å². The van der Waals surface area contributed by atoms with E-state index in [0.29, 0.717) is 68.4 Å². The number of carbonyl (C=O) groups is 1. The number of benzene rings is 1. The summed E-state index contributed by atoms with van der Waals surface area (Å²) in [5, 5.41) is 10.2. The van der Waals surface area contributed by atoms with Gasteiger partial charge in [0.2, 0.25) is 0 Å². The smallest absolute Gasteiger partial charge is 0.253 e. The van der Waals surface area contributed by atoms with Crippen LogP contribution in [0.25, 0.3) is 0 Å². The second-order valence-corrected chi connectivity index (χ2v) is 7.76. The number of ether oxygens (including phenoxy) is 2. The number of carbonyl (C=O) groups excluding carboxylic acids is 1. The van der Waals surface area contributed by atoms with E-state index in [1.807, 2.05) is 17.2 Å². The fraction of sp³-hybridized carbons (Fsp3) is 0.500. The molecule has 1 amide bonds. The molecule has 2 heterocycles. The van der Waals surface area contributed by atoms with Crippen LogP contribution in [0.1, 0.15) is 6.42 Å². The minimum Gasteiger partial charge on any atom is -0.378 e. The minimum absolute atomic E-state index is 0.108. The lowest BCUT2D eigenvalue weighted by Crippen LogP contribution is -2.33. The van der Waals surface area contributed by atoms with E-state index in [4.69, 9.17) is 38.4 Å². The van der Waals surface area contributed by atoms with Crippen LogP contribution in [0.4, 0.5) is 5.69 Å². The summed E-state index contributed by atoms with van der Waals surface area (Å²) in [5.74, 6) is 0.537. The Kier molecular flexibility index (Phi) is 8.92.